The van der Waals surface area contributed by atoms with Crippen molar-refractivity contribution in [3.05, 3.63) is 59.7 Å². The molecule has 1 aliphatic heterocycles. The van der Waals surface area contributed by atoms with Gasteiger partial charge in [-0.3, -0.25) is 19.3 Å². The fourth-order valence-electron chi connectivity index (χ4n) is 2.86. The number of carbonyl (C=O) groups is 4. The number of nitrogens with zero attached hydrogens (tertiary/aromatic N) is 1. The molecule has 3 rings (SSSR count). The highest BCUT2D eigenvalue weighted by Gasteiger charge is 2.41. The van der Waals surface area contributed by atoms with Gasteiger partial charge in [-0.25, -0.2) is 4.79 Å². The summed E-state index contributed by atoms with van der Waals surface area (Å²) < 4.78 is 45.0. The lowest BCUT2D eigenvalue weighted by Gasteiger charge is -2.20. The molecule has 11 heteroatoms. The predicted molar refractivity (Wildman–Crippen MR) is 99.1 cm³/mol. The van der Waals surface area contributed by atoms with Gasteiger partial charge >= 0.3 is 12.3 Å². The van der Waals surface area contributed by atoms with Crippen molar-refractivity contribution in [2.75, 3.05) is 11.9 Å². The van der Waals surface area contributed by atoms with E-state index in [0.29, 0.717) is 0 Å². The summed E-state index contributed by atoms with van der Waals surface area (Å²) in [5.41, 5.74) is 0.481. The van der Waals surface area contributed by atoms with Crippen LogP contribution in [0.3, 0.4) is 0 Å². The molecule has 0 spiro atoms. The Balaban J connectivity index is 1.53. The first kappa shape index (κ1) is 21.8. The summed E-state index contributed by atoms with van der Waals surface area (Å²) in [7, 11) is 0. The van der Waals surface area contributed by atoms with Crippen molar-refractivity contribution in [2.24, 2.45) is 0 Å². The number of alkyl halides is 3. The zero-order valence-corrected chi connectivity index (χ0v) is 15.9. The van der Waals surface area contributed by atoms with E-state index in [9.17, 15) is 32.3 Å². The Hall–Kier alpha value is -3.89. The smallest absolute Gasteiger partial charge is 0.454 e. The van der Waals surface area contributed by atoms with E-state index in [2.05, 4.69) is 10.1 Å². The molecule has 1 heterocycles. The number of halogens is 3. The molecule has 0 radical (unpaired) electrons. The Kier molecular flexibility index (Phi) is 5.95. The van der Waals surface area contributed by atoms with Crippen molar-refractivity contribution in [1.29, 1.82) is 0 Å². The number of fused-ring (bicyclic) bond motifs is 1. The molecule has 2 aromatic rings. The Labute approximate surface area is 173 Å². The summed E-state index contributed by atoms with van der Waals surface area (Å²) in [4.78, 5) is 49.7. The number of anilines is 1. The van der Waals surface area contributed by atoms with Gasteiger partial charge in [-0.15, -0.1) is 13.2 Å². The topological polar surface area (TPSA) is 102 Å². The van der Waals surface area contributed by atoms with E-state index in [1.807, 2.05) is 0 Å². The Morgan fingerprint density at radius 1 is 1.00 bits per heavy atom. The van der Waals surface area contributed by atoms with E-state index in [4.69, 9.17) is 4.74 Å². The summed E-state index contributed by atoms with van der Waals surface area (Å²) >= 11 is 0. The number of nitrogens with one attached hydrogen (secondary N) is 1. The highest BCUT2D eigenvalue weighted by atomic mass is 19.4. The summed E-state index contributed by atoms with van der Waals surface area (Å²) in [6.07, 6.45) is -4.84. The van der Waals surface area contributed by atoms with Crippen LogP contribution in [-0.2, 0) is 14.3 Å². The molecule has 0 fully saturated rings. The third-order valence-electron chi connectivity index (χ3n) is 4.27. The average molecular weight is 436 g/mol. The Morgan fingerprint density at radius 3 is 2.06 bits per heavy atom. The van der Waals surface area contributed by atoms with Gasteiger partial charge in [0.15, 0.2) is 6.61 Å². The molecule has 8 nitrogen and oxygen atoms in total. The maximum atomic E-state index is 12.4. The zero-order chi connectivity index (χ0) is 22.8. The normalized spacial score (nSPS) is 14.1. The first-order valence-electron chi connectivity index (χ1n) is 8.86. The summed E-state index contributed by atoms with van der Waals surface area (Å²) in [5, 5.41) is 2.33. The molecule has 162 valence electrons. The number of rotatable bonds is 6. The highest BCUT2D eigenvalue weighted by Crippen LogP contribution is 2.25. The van der Waals surface area contributed by atoms with E-state index in [-0.39, 0.29) is 16.8 Å². The van der Waals surface area contributed by atoms with Gasteiger partial charge in [-0.1, -0.05) is 12.1 Å². The van der Waals surface area contributed by atoms with E-state index >= 15 is 0 Å². The van der Waals surface area contributed by atoms with Crippen LogP contribution in [0.5, 0.6) is 5.75 Å². The fourth-order valence-corrected chi connectivity index (χ4v) is 2.86. The lowest BCUT2D eigenvalue weighted by molar-refractivity contribution is -0.274. The molecular formula is C20H15F3N2O6. The number of benzene rings is 2. The first-order valence-corrected chi connectivity index (χ1v) is 8.86. The van der Waals surface area contributed by atoms with Crippen LogP contribution in [0, 0.1) is 0 Å². The number of imide groups is 1. The minimum absolute atomic E-state index is 0.143. The molecule has 0 unspecified atom stereocenters. The van der Waals surface area contributed by atoms with Gasteiger partial charge in [0.1, 0.15) is 11.8 Å². The van der Waals surface area contributed by atoms with Gasteiger partial charge < -0.3 is 14.8 Å². The Morgan fingerprint density at radius 2 is 1.55 bits per heavy atom. The molecule has 2 aromatic carbocycles. The number of hydrogen-bond donors (Lipinski definition) is 1. The molecule has 0 saturated carbocycles. The van der Waals surface area contributed by atoms with Crippen LogP contribution in [0.4, 0.5) is 18.9 Å². The van der Waals surface area contributed by atoms with Gasteiger partial charge in [0.2, 0.25) is 0 Å². The van der Waals surface area contributed by atoms with Crippen molar-refractivity contribution in [3.63, 3.8) is 0 Å². The van der Waals surface area contributed by atoms with E-state index in [1.165, 1.54) is 31.2 Å². The number of hydrogen-bond acceptors (Lipinski definition) is 6. The van der Waals surface area contributed by atoms with Gasteiger partial charge in [-0.05, 0) is 43.3 Å². The second-order valence-corrected chi connectivity index (χ2v) is 6.43. The van der Waals surface area contributed by atoms with E-state index in [1.54, 1.807) is 12.1 Å². The van der Waals surface area contributed by atoms with Crippen LogP contribution in [-0.4, -0.2) is 47.6 Å². The minimum atomic E-state index is -4.84. The van der Waals surface area contributed by atoms with Gasteiger partial charge in [0.25, 0.3) is 17.7 Å². The van der Waals surface area contributed by atoms with E-state index in [0.717, 1.165) is 17.0 Å². The monoisotopic (exact) mass is 436 g/mol. The Bertz CT molecular complexity index is 1000. The zero-order valence-electron chi connectivity index (χ0n) is 15.9. The minimum Gasteiger partial charge on any atom is -0.454 e. The van der Waals surface area contributed by atoms with Gasteiger partial charge in [0.05, 0.1) is 11.1 Å². The lowest BCUT2D eigenvalue weighted by atomic mass is 10.1. The van der Waals surface area contributed by atoms with Crippen LogP contribution in [0.15, 0.2) is 48.5 Å². The molecule has 0 aromatic heterocycles. The van der Waals surface area contributed by atoms with Crippen LogP contribution < -0.4 is 10.1 Å². The van der Waals surface area contributed by atoms with Crippen LogP contribution in [0.1, 0.15) is 27.6 Å². The third kappa shape index (κ3) is 5.00. The molecule has 1 N–H and O–H groups in total. The second kappa shape index (κ2) is 8.46. The first-order chi connectivity index (χ1) is 14.6. The molecule has 0 aliphatic carbocycles. The molecule has 31 heavy (non-hydrogen) atoms. The van der Waals surface area contributed by atoms with Crippen LogP contribution >= 0.6 is 0 Å². The molecule has 1 aliphatic rings. The largest absolute Gasteiger partial charge is 0.573 e. The third-order valence-corrected chi connectivity index (χ3v) is 4.27. The number of carbonyl (C=O) groups excluding carboxylic acids is 4. The maximum Gasteiger partial charge on any atom is 0.573 e. The highest BCUT2D eigenvalue weighted by molar-refractivity contribution is 6.22. The summed E-state index contributed by atoms with van der Waals surface area (Å²) in [6, 6.07) is 9.17. The van der Waals surface area contributed by atoms with Crippen LogP contribution in [0.25, 0.3) is 0 Å². The van der Waals surface area contributed by atoms with Gasteiger partial charge in [0, 0.05) is 5.69 Å². The maximum absolute atomic E-state index is 12.4. The quantitative estimate of drug-likeness (QED) is 0.552. The average Bonchev–Trinajstić information content (AvgIpc) is 2.97. The van der Waals surface area contributed by atoms with E-state index < -0.39 is 48.5 Å². The van der Waals surface area contributed by atoms with Crippen molar-refractivity contribution in [1.82, 2.24) is 4.90 Å². The standard InChI is InChI=1S/C20H15F3N2O6/c1-11(25-17(27)14-4-2-3-5-15(14)18(25)28)19(29)30-10-16(26)24-12-6-8-13(9-7-12)31-20(21,22)23/h2-9,11H,10H2,1H3,(H,24,26)/t11-/m1/s1. The van der Waals surface area contributed by atoms with Crippen molar-refractivity contribution in [2.45, 2.75) is 19.3 Å². The number of ether oxygens (including phenoxy) is 2. The lowest BCUT2D eigenvalue weighted by Crippen LogP contribution is -2.44. The van der Waals surface area contributed by atoms with Crippen molar-refractivity contribution < 1.29 is 41.8 Å². The fraction of sp³-hybridized carbons (Fsp3) is 0.200. The molecular weight excluding hydrogens is 421 g/mol. The number of esters is 1. The summed E-state index contributed by atoms with van der Waals surface area (Å²) in [5.74, 6) is -3.50. The molecule has 0 saturated heterocycles. The van der Waals surface area contributed by atoms with Crippen LogP contribution in [0.2, 0.25) is 0 Å². The predicted octanol–water partition coefficient (Wildman–Crippen LogP) is 2.75. The number of amides is 3. The van der Waals surface area contributed by atoms with Crippen molar-refractivity contribution in [3.8, 4) is 5.75 Å². The van der Waals surface area contributed by atoms with Crippen molar-refractivity contribution >= 4 is 29.4 Å². The van der Waals surface area contributed by atoms with Gasteiger partial charge in [-0.2, -0.15) is 0 Å². The SMILES string of the molecule is C[C@H](C(=O)OCC(=O)Nc1ccc(OC(F)(F)F)cc1)N1C(=O)c2ccccc2C1=O. The molecule has 1 atom stereocenters. The molecule has 0 bridgehead atoms. The summed E-state index contributed by atoms with van der Waals surface area (Å²) in [6.45, 7) is 0.564. The molecule has 3 amide bonds. The second-order valence-electron chi connectivity index (χ2n) is 6.43.